The van der Waals surface area contributed by atoms with Crippen molar-refractivity contribution in [2.24, 2.45) is 0 Å². The van der Waals surface area contributed by atoms with Gasteiger partial charge in [-0.15, -0.1) is 0 Å². The van der Waals surface area contributed by atoms with Crippen molar-refractivity contribution in [2.75, 3.05) is 31.3 Å². The van der Waals surface area contributed by atoms with E-state index in [1.165, 1.54) is 0 Å². The van der Waals surface area contributed by atoms with Crippen LogP contribution in [-0.2, 0) is 11.2 Å². The lowest BCUT2D eigenvalue weighted by atomic mass is 10.3. The number of aryl methyl sites for hydroxylation is 1. The first kappa shape index (κ1) is 17.2. The summed E-state index contributed by atoms with van der Waals surface area (Å²) in [6.45, 7) is 6.91. The fraction of sp³-hybridized carbons (Fsp3) is 0.667. The van der Waals surface area contributed by atoms with Crippen LogP contribution in [-0.4, -0.2) is 47.5 Å². The topological polar surface area (TPSA) is 70.2 Å². The van der Waals surface area contributed by atoms with Crippen LogP contribution in [0.5, 0.6) is 0 Å². The smallest absolute Gasteiger partial charge is 0.244 e. The number of anilines is 2. The van der Waals surface area contributed by atoms with E-state index in [-0.39, 0.29) is 11.9 Å². The second-order valence-electron chi connectivity index (χ2n) is 5.33. The van der Waals surface area contributed by atoms with E-state index in [0.717, 1.165) is 37.4 Å². The van der Waals surface area contributed by atoms with Crippen molar-refractivity contribution in [2.45, 2.75) is 46.1 Å². The van der Waals surface area contributed by atoms with Crippen LogP contribution >= 0.6 is 0 Å². The molecule has 1 unspecified atom stereocenters. The number of rotatable bonds is 8. The Morgan fingerprint density at radius 2 is 1.90 bits per heavy atom. The van der Waals surface area contributed by atoms with Crippen molar-refractivity contribution < 1.29 is 4.79 Å². The Kier molecular flexibility index (Phi) is 6.91. The summed E-state index contributed by atoms with van der Waals surface area (Å²) in [5, 5.41) is 6.43. The van der Waals surface area contributed by atoms with Crippen molar-refractivity contribution in [3.05, 3.63) is 11.9 Å². The summed E-state index contributed by atoms with van der Waals surface area (Å²) in [6.07, 6.45) is 2.85. The molecule has 0 saturated carbocycles. The van der Waals surface area contributed by atoms with Gasteiger partial charge in [-0.1, -0.05) is 13.8 Å². The van der Waals surface area contributed by atoms with E-state index < -0.39 is 0 Å². The van der Waals surface area contributed by atoms with Gasteiger partial charge < -0.3 is 15.5 Å². The molecule has 0 aliphatic carbocycles. The summed E-state index contributed by atoms with van der Waals surface area (Å²) < 4.78 is 0. The number of carbonyl (C=O) groups is 1. The van der Waals surface area contributed by atoms with Crippen LogP contribution in [0.2, 0.25) is 0 Å². The molecule has 118 valence electrons. The molecule has 6 heteroatoms. The lowest BCUT2D eigenvalue weighted by Crippen LogP contribution is -2.36. The van der Waals surface area contributed by atoms with Crippen LogP contribution in [0.4, 0.5) is 11.6 Å². The lowest BCUT2D eigenvalue weighted by molar-refractivity contribution is -0.129. The van der Waals surface area contributed by atoms with Crippen molar-refractivity contribution in [3.63, 3.8) is 0 Å². The van der Waals surface area contributed by atoms with Gasteiger partial charge in [-0.3, -0.25) is 4.79 Å². The Morgan fingerprint density at radius 1 is 1.24 bits per heavy atom. The van der Waals surface area contributed by atoms with Gasteiger partial charge in [-0.2, -0.15) is 0 Å². The molecule has 6 nitrogen and oxygen atoms in total. The van der Waals surface area contributed by atoms with Crippen molar-refractivity contribution in [1.82, 2.24) is 14.9 Å². The fourth-order valence-corrected chi connectivity index (χ4v) is 1.92. The highest BCUT2D eigenvalue weighted by Gasteiger charge is 2.15. The molecule has 1 aromatic rings. The van der Waals surface area contributed by atoms with E-state index in [1.807, 2.05) is 13.0 Å². The monoisotopic (exact) mass is 293 g/mol. The van der Waals surface area contributed by atoms with Crippen LogP contribution in [0, 0.1) is 0 Å². The summed E-state index contributed by atoms with van der Waals surface area (Å²) in [5.74, 6) is 2.32. The molecule has 0 fully saturated rings. The van der Waals surface area contributed by atoms with Crippen LogP contribution in [0.3, 0.4) is 0 Å². The van der Waals surface area contributed by atoms with E-state index in [2.05, 4.69) is 34.4 Å². The minimum absolute atomic E-state index is 0.0220. The van der Waals surface area contributed by atoms with E-state index in [1.54, 1.807) is 19.0 Å². The van der Waals surface area contributed by atoms with Crippen LogP contribution < -0.4 is 10.6 Å². The molecule has 0 aromatic carbocycles. The van der Waals surface area contributed by atoms with Gasteiger partial charge in [0.25, 0.3) is 0 Å². The highest BCUT2D eigenvalue weighted by Crippen LogP contribution is 2.14. The number of carbonyl (C=O) groups excluding carboxylic acids is 1. The average molecular weight is 293 g/mol. The molecule has 1 amide bonds. The van der Waals surface area contributed by atoms with E-state index in [0.29, 0.717) is 5.82 Å². The van der Waals surface area contributed by atoms with Gasteiger partial charge >= 0.3 is 0 Å². The van der Waals surface area contributed by atoms with Crippen LogP contribution in [0.25, 0.3) is 0 Å². The molecule has 0 radical (unpaired) electrons. The molecule has 21 heavy (non-hydrogen) atoms. The first-order valence-electron chi connectivity index (χ1n) is 7.57. The largest absolute Gasteiger partial charge is 0.370 e. The van der Waals surface area contributed by atoms with Gasteiger partial charge in [0, 0.05) is 33.1 Å². The Labute approximate surface area is 127 Å². The number of likely N-dealkylation sites (N-methyl/N-ethyl adjacent to an activating group) is 1. The van der Waals surface area contributed by atoms with Crippen LogP contribution in [0.15, 0.2) is 6.07 Å². The van der Waals surface area contributed by atoms with E-state index >= 15 is 0 Å². The number of aromatic nitrogens is 2. The van der Waals surface area contributed by atoms with Gasteiger partial charge in [0.05, 0.1) is 0 Å². The third kappa shape index (κ3) is 5.57. The summed E-state index contributed by atoms with van der Waals surface area (Å²) in [7, 11) is 3.49. The maximum Gasteiger partial charge on any atom is 0.244 e. The van der Waals surface area contributed by atoms with Gasteiger partial charge in [-0.05, 0) is 19.8 Å². The molecule has 0 aliphatic rings. The molecule has 1 heterocycles. The van der Waals surface area contributed by atoms with Crippen molar-refractivity contribution in [3.8, 4) is 0 Å². The highest BCUT2D eigenvalue weighted by atomic mass is 16.2. The van der Waals surface area contributed by atoms with Gasteiger partial charge in [0.1, 0.15) is 23.5 Å². The molecule has 1 rings (SSSR count). The Bertz CT molecular complexity index is 461. The molecule has 0 bridgehead atoms. The Balaban J connectivity index is 2.88. The Morgan fingerprint density at radius 3 is 2.48 bits per heavy atom. The highest BCUT2D eigenvalue weighted by molar-refractivity contribution is 5.83. The predicted molar refractivity (Wildman–Crippen MR) is 86.6 cm³/mol. The Hall–Kier alpha value is -1.85. The van der Waals surface area contributed by atoms with Gasteiger partial charge in [-0.25, -0.2) is 9.97 Å². The predicted octanol–water partition coefficient (Wildman–Crippen LogP) is 2.14. The second kappa shape index (κ2) is 8.44. The first-order valence-corrected chi connectivity index (χ1v) is 7.57. The summed E-state index contributed by atoms with van der Waals surface area (Å²) in [5.41, 5.74) is 0. The van der Waals surface area contributed by atoms with Crippen LogP contribution in [0.1, 0.15) is 39.4 Å². The maximum absolute atomic E-state index is 11.9. The van der Waals surface area contributed by atoms with Gasteiger partial charge in [0.2, 0.25) is 5.91 Å². The van der Waals surface area contributed by atoms with E-state index in [4.69, 9.17) is 0 Å². The minimum atomic E-state index is -0.316. The van der Waals surface area contributed by atoms with Crippen molar-refractivity contribution in [1.29, 1.82) is 0 Å². The maximum atomic E-state index is 11.9. The summed E-state index contributed by atoms with van der Waals surface area (Å²) in [6, 6.07) is 1.54. The number of nitrogens with one attached hydrogen (secondary N) is 2. The molecule has 2 N–H and O–H groups in total. The molecule has 1 aromatic heterocycles. The zero-order chi connectivity index (χ0) is 15.8. The molecule has 0 spiro atoms. The third-order valence-electron chi connectivity index (χ3n) is 2.98. The number of amides is 1. The quantitative estimate of drug-likeness (QED) is 0.768. The first-order chi connectivity index (χ1) is 9.97. The zero-order valence-corrected chi connectivity index (χ0v) is 13.7. The van der Waals surface area contributed by atoms with E-state index in [9.17, 15) is 4.79 Å². The fourth-order valence-electron chi connectivity index (χ4n) is 1.92. The second-order valence-corrected chi connectivity index (χ2v) is 5.33. The third-order valence-corrected chi connectivity index (χ3v) is 2.98. The lowest BCUT2D eigenvalue weighted by Gasteiger charge is -2.19. The SMILES string of the molecule is CCCNc1cc(NC(C)C(=O)N(C)C)nc(CCC)n1. The standard InChI is InChI=1S/C15H27N5O/c1-6-8-12-18-13(16-9-7-2)10-14(19-12)17-11(3)15(21)20(4)5/h10-11H,6-9H2,1-5H3,(H2,16,17,18,19). The molecular formula is C15H27N5O. The summed E-state index contributed by atoms with van der Waals surface area (Å²) in [4.78, 5) is 22.5. The van der Waals surface area contributed by atoms with Crippen molar-refractivity contribution >= 4 is 17.5 Å². The summed E-state index contributed by atoms with van der Waals surface area (Å²) >= 11 is 0. The molecule has 1 atom stereocenters. The minimum Gasteiger partial charge on any atom is -0.370 e. The molecule has 0 aliphatic heterocycles. The normalized spacial score (nSPS) is 11.9. The molecular weight excluding hydrogens is 266 g/mol. The number of hydrogen-bond donors (Lipinski definition) is 2. The number of nitrogens with zero attached hydrogens (tertiary/aromatic N) is 3. The zero-order valence-electron chi connectivity index (χ0n) is 13.7. The molecule has 0 saturated heterocycles. The average Bonchev–Trinajstić information content (AvgIpc) is 2.44. The number of hydrogen-bond acceptors (Lipinski definition) is 5. The van der Waals surface area contributed by atoms with Gasteiger partial charge in [0.15, 0.2) is 0 Å².